The minimum absolute atomic E-state index is 0.0354. The van der Waals surface area contributed by atoms with E-state index in [1.54, 1.807) is 0 Å². The third kappa shape index (κ3) is 6.68. The van der Waals surface area contributed by atoms with Gasteiger partial charge in [0, 0.05) is 17.9 Å². The topological polar surface area (TPSA) is 123 Å². The van der Waals surface area contributed by atoms with Gasteiger partial charge in [0.1, 0.15) is 17.2 Å². The number of aromatic amines is 1. The number of aromatic nitrogens is 4. The molecule has 3 aromatic carbocycles. The summed E-state index contributed by atoms with van der Waals surface area (Å²) >= 11 is 0. The minimum Gasteiger partial charge on any atom is -0.485 e. The van der Waals surface area contributed by atoms with Gasteiger partial charge < -0.3 is 9.84 Å². The van der Waals surface area contributed by atoms with Gasteiger partial charge in [0.25, 0.3) is 5.56 Å². The maximum atomic E-state index is 14.4. The fraction of sp³-hybridized carbons (Fsp3) is 0.333. The van der Waals surface area contributed by atoms with E-state index in [0.29, 0.717) is 29.6 Å². The van der Waals surface area contributed by atoms with Crippen molar-refractivity contribution < 1.29 is 14.4 Å². The van der Waals surface area contributed by atoms with Crippen LogP contribution in [0.5, 0.6) is 5.75 Å². The molecule has 45 heavy (non-hydrogen) atoms. The van der Waals surface area contributed by atoms with Crippen LogP contribution >= 0.6 is 0 Å². The molecule has 1 aliphatic carbocycles. The van der Waals surface area contributed by atoms with Crippen LogP contribution in [0, 0.1) is 0 Å². The number of rotatable bonds is 12. The molecule has 2 heterocycles. The number of nitrogens with one attached hydrogen (secondary N) is 1. The van der Waals surface area contributed by atoms with E-state index in [2.05, 4.69) is 17.1 Å². The SMILES string of the molecule is CCCCc1nc(C2CC2)c(-c2ccc(OC(C)(C)CO)cc2)c(=O)n1Cc1ccc(-c2ccccc2-c2noc(=O)[nH]2)cc1. The first-order chi connectivity index (χ1) is 21.8. The van der Waals surface area contributed by atoms with Crippen molar-refractivity contribution in [2.75, 3.05) is 6.61 Å². The highest BCUT2D eigenvalue weighted by Crippen LogP contribution is 2.43. The summed E-state index contributed by atoms with van der Waals surface area (Å²) in [6.45, 7) is 6.09. The largest absolute Gasteiger partial charge is 0.485 e. The lowest BCUT2D eigenvalue weighted by molar-refractivity contribution is 0.0413. The molecule has 0 radical (unpaired) electrons. The zero-order valence-corrected chi connectivity index (χ0v) is 25.9. The Morgan fingerprint density at radius 3 is 2.29 bits per heavy atom. The van der Waals surface area contributed by atoms with Crippen LogP contribution < -0.4 is 16.1 Å². The van der Waals surface area contributed by atoms with Gasteiger partial charge in [-0.15, -0.1) is 0 Å². The molecule has 0 spiro atoms. The molecule has 0 atom stereocenters. The number of aliphatic hydroxyl groups excluding tert-OH is 1. The van der Waals surface area contributed by atoms with Crippen LogP contribution in [0.3, 0.4) is 0 Å². The number of benzene rings is 3. The van der Waals surface area contributed by atoms with E-state index in [-0.39, 0.29) is 12.2 Å². The second kappa shape index (κ2) is 12.7. The first kappa shape index (κ1) is 30.3. The predicted octanol–water partition coefficient (Wildman–Crippen LogP) is 6.34. The molecular weight excluding hydrogens is 568 g/mol. The smallest absolute Gasteiger partial charge is 0.439 e. The maximum absolute atomic E-state index is 14.4. The Hall–Kier alpha value is -4.76. The van der Waals surface area contributed by atoms with Gasteiger partial charge in [-0.1, -0.05) is 79.2 Å². The molecule has 2 N–H and O–H groups in total. The predicted molar refractivity (Wildman–Crippen MR) is 173 cm³/mol. The van der Waals surface area contributed by atoms with E-state index < -0.39 is 11.4 Å². The second-order valence-corrected chi connectivity index (χ2v) is 12.3. The summed E-state index contributed by atoms with van der Waals surface area (Å²) in [6.07, 6.45) is 4.76. The molecule has 0 unspecified atom stereocenters. The van der Waals surface area contributed by atoms with Crippen molar-refractivity contribution in [2.45, 2.75) is 70.9 Å². The summed E-state index contributed by atoms with van der Waals surface area (Å²) in [5, 5.41) is 13.5. The van der Waals surface area contributed by atoms with Crippen molar-refractivity contribution in [3.05, 3.63) is 111 Å². The van der Waals surface area contributed by atoms with Gasteiger partial charge in [0.05, 0.1) is 24.4 Å². The monoisotopic (exact) mass is 606 g/mol. The Morgan fingerprint density at radius 1 is 0.978 bits per heavy atom. The number of hydrogen-bond acceptors (Lipinski definition) is 7. The quantitative estimate of drug-likeness (QED) is 0.170. The van der Waals surface area contributed by atoms with Crippen LogP contribution in [0.15, 0.2) is 86.9 Å². The van der Waals surface area contributed by atoms with Gasteiger partial charge in [-0.05, 0) is 67.5 Å². The third-order valence-electron chi connectivity index (χ3n) is 8.14. The zero-order chi connectivity index (χ0) is 31.6. The van der Waals surface area contributed by atoms with Crippen LogP contribution in [0.4, 0.5) is 0 Å². The number of unbranched alkanes of at least 4 members (excludes halogenated alkanes) is 1. The molecule has 9 nitrogen and oxygen atoms in total. The first-order valence-corrected chi connectivity index (χ1v) is 15.5. The van der Waals surface area contributed by atoms with E-state index in [4.69, 9.17) is 14.2 Å². The highest BCUT2D eigenvalue weighted by atomic mass is 16.5. The van der Waals surface area contributed by atoms with Crippen LogP contribution in [-0.2, 0) is 13.0 Å². The van der Waals surface area contributed by atoms with Crippen molar-refractivity contribution in [3.8, 4) is 39.4 Å². The van der Waals surface area contributed by atoms with E-state index >= 15 is 0 Å². The van der Waals surface area contributed by atoms with Crippen molar-refractivity contribution in [1.29, 1.82) is 0 Å². The van der Waals surface area contributed by atoms with Crippen LogP contribution in [0.25, 0.3) is 33.6 Å². The lowest BCUT2D eigenvalue weighted by Crippen LogP contribution is -2.32. The summed E-state index contributed by atoms with van der Waals surface area (Å²) in [4.78, 5) is 33.7. The molecule has 1 aliphatic rings. The Labute approximate surface area is 261 Å². The van der Waals surface area contributed by atoms with Crippen molar-refractivity contribution in [2.24, 2.45) is 0 Å². The molecule has 0 aliphatic heterocycles. The fourth-order valence-corrected chi connectivity index (χ4v) is 5.53. The Morgan fingerprint density at radius 2 is 1.67 bits per heavy atom. The fourth-order valence-electron chi connectivity index (χ4n) is 5.53. The third-order valence-corrected chi connectivity index (χ3v) is 8.14. The van der Waals surface area contributed by atoms with Gasteiger partial charge in [0.15, 0.2) is 5.82 Å². The zero-order valence-electron chi connectivity index (χ0n) is 25.9. The Balaban J connectivity index is 1.36. The van der Waals surface area contributed by atoms with Gasteiger partial charge in [-0.25, -0.2) is 9.78 Å². The van der Waals surface area contributed by atoms with E-state index in [1.807, 2.05) is 91.2 Å². The van der Waals surface area contributed by atoms with Gasteiger partial charge in [0.2, 0.25) is 0 Å². The molecule has 0 bridgehead atoms. The lowest BCUT2D eigenvalue weighted by Gasteiger charge is -2.24. The lowest BCUT2D eigenvalue weighted by atomic mass is 9.98. The average molecular weight is 607 g/mol. The van der Waals surface area contributed by atoms with Gasteiger partial charge in [-0.3, -0.25) is 18.9 Å². The Kier molecular flexibility index (Phi) is 8.54. The highest BCUT2D eigenvalue weighted by Gasteiger charge is 2.31. The molecule has 9 heteroatoms. The number of H-pyrrole nitrogens is 1. The molecule has 232 valence electrons. The average Bonchev–Trinajstić information content (AvgIpc) is 3.81. The molecule has 1 saturated carbocycles. The molecule has 2 aromatic heterocycles. The molecule has 1 fully saturated rings. The van der Waals surface area contributed by atoms with Crippen LogP contribution in [0.2, 0.25) is 0 Å². The first-order valence-electron chi connectivity index (χ1n) is 15.5. The summed E-state index contributed by atoms with van der Waals surface area (Å²) in [5.41, 5.74) is 5.21. The minimum atomic E-state index is -0.706. The summed E-state index contributed by atoms with van der Waals surface area (Å²) in [7, 11) is 0. The number of aryl methyl sites for hydroxylation is 1. The standard InChI is InChI=1S/C36H38N4O5/c1-4-5-10-30-37-32(26-15-16-26)31(25-17-19-27(20-18-25)44-36(2,3)22-41)34(42)40(30)21-23-11-13-24(14-12-23)28-8-6-7-9-29(28)33-38-35(43)45-39-33/h6-9,11-14,17-20,26,41H,4-5,10,15-16,21-22H2,1-3H3,(H,38,39,43). The number of hydrogen-bond donors (Lipinski definition) is 2. The molecule has 0 amide bonds. The Bertz CT molecular complexity index is 1900. The maximum Gasteiger partial charge on any atom is 0.439 e. The van der Waals surface area contributed by atoms with E-state index in [0.717, 1.165) is 71.4 Å². The number of nitrogens with zero attached hydrogens (tertiary/aromatic N) is 3. The summed E-state index contributed by atoms with van der Waals surface area (Å²) < 4.78 is 12.5. The molecular formula is C36H38N4O5. The molecule has 0 saturated heterocycles. The van der Waals surface area contributed by atoms with Gasteiger partial charge >= 0.3 is 5.76 Å². The second-order valence-electron chi connectivity index (χ2n) is 12.3. The summed E-state index contributed by atoms with van der Waals surface area (Å²) in [5.74, 6) is 1.52. The van der Waals surface area contributed by atoms with Crippen molar-refractivity contribution in [3.63, 3.8) is 0 Å². The number of ether oxygens (including phenoxy) is 1. The van der Waals surface area contributed by atoms with Crippen LogP contribution in [-0.4, -0.2) is 37.0 Å². The molecule has 5 aromatic rings. The van der Waals surface area contributed by atoms with Crippen molar-refractivity contribution >= 4 is 0 Å². The van der Waals surface area contributed by atoms with Gasteiger partial charge in [-0.2, -0.15) is 0 Å². The number of aliphatic hydroxyl groups is 1. The van der Waals surface area contributed by atoms with Crippen molar-refractivity contribution in [1.82, 2.24) is 19.7 Å². The van der Waals surface area contributed by atoms with E-state index in [1.165, 1.54) is 0 Å². The summed E-state index contributed by atoms with van der Waals surface area (Å²) in [6, 6.07) is 23.3. The van der Waals surface area contributed by atoms with Crippen LogP contribution in [0.1, 0.15) is 69.5 Å². The normalized spacial score (nSPS) is 13.2. The molecule has 6 rings (SSSR count). The highest BCUT2D eigenvalue weighted by molar-refractivity contribution is 5.80. The van der Waals surface area contributed by atoms with E-state index in [9.17, 15) is 14.7 Å².